The Hall–Kier alpha value is -1.88. The van der Waals surface area contributed by atoms with Crippen LogP contribution in [-0.4, -0.2) is 21.0 Å². The Morgan fingerprint density at radius 3 is 2.65 bits per heavy atom. The summed E-state index contributed by atoms with van der Waals surface area (Å²) in [6, 6.07) is 8.76. The van der Waals surface area contributed by atoms with Crippen LogP contribution in [0.25, 0.3) is 0 Å². The number of carbonyl (C=O) groups is 1. The van der Waals surface area contributed by atoms with Gasteiger partial charge in [-0.2, -0.15) is 0 Å². The van der Waals surface area contributed by atoms with Gasteiger partial charge in [0, 0.05) is 16.5 Å². The molecule has 0 saturated carbocycles. The van der Waals surface area contributed by atoms with Gasteiger partial charge in [0.05, 0.1) is 5.56 Å². The normalized spacial score (nSPS) is 10.8. The molecule has 0 unspecified atom stereocenters. The lowest BCUT2D eigenvalue weighted by atomic mass is 10.2. The molecule has 0 saturated heterocycles. The highest BCUT2D eigenvalue weighted by Gasteiger charge is 2.09. The largest absolute Gasteiger partial charge is 0.478 e. The number of rotatable bonds is 4. The van der Waals surface area contributed by atoms with Gasteiger partial charge in [0.2, 0.25) is 0 Å². The number of aromatic carboxylic acids is 1. The maximum absolute atomic E-state index is 11.0. The highest BCUT2D eigenvalue weighted by atomic mass is 32.2. The average molecular weight is 288 g/mol. The third kappa shape index (κ3) is 3.57. The fraction of sp³-hybridized carbons (Fsp3) is 0.267. The van der Waals surface area contributed by atoms with Gasteiger partial charge in [-0.15, -0.1) is 0 Å². The molecule has 0 bridgehead atoms. The van der Waals surface area contributed by atoms with Gasteiger partial charge >= 0.3 is 5.97 Å². The van der Waals surface area contributed by atoms with E-state index in [0.29, 0.717) is 0 Å². The quantitative estimate of drug-likeness (QED) is 0.868. The maximum Gasteiger partial charge on any atom is 0.335 e. The van der Waals surface area contributed by atoms with Crippen LogP contribution in [-0.2, 0) is 0 Å². The van der Waals surface area contributed by atoms with Gasteiger partial charge in [-0.3, -0.25) is 0 Å². The van der Waals surface area contributed by atoms with Gasteiger partial charge in [0.1, 0.15) is 10.9 Å². The van der Waals surface area contributed by atoms with Crippen LogP contribution in [0.2, 0.25) is 0 Å². The van der Waals surface area contributed by atoms with Gasteiger partial charge in [0.15, 0.2) is 0 Å². The summed E-state index contributed by atoms with van der Waals surface area (Å²) >= 11 is 1.45. The summed E-state index contributed by atoms with van der Waals surface area (Å²) in [6.07, 6.45) is 0. The smallest absolute Gasteiger partial charge is 0.335 e. The SMILES string of the molecule is Cc1cc(Sc2cccc(C(=O)O)c2)nc(C(C)C)n1. The number of benzene rings is 1. The average Bonchev–Trinajstić information content (AvgIpc) is 2.38. The molecule has 4 nitrogen and oxygen atoms in total. The Bertz CT molecular complexity index is 642. The van der Waals surface area contributed by atoms with E-state index < -0.39 is 5.97 Å². The van der Waals surface area contributed by atoms with Gasteiger partial charge < -0.3 is 5.11 Å². The predicted octanol–water partition coefficient (Wildman–Crippen LogP) is 3.76. The van der Waals surface area contributed by atoms with Crippen molar-refractivity contribution in [2.45, 2.75) is 36.6 Å². The summed E-state index contributed by atoms with van der Waals surface area (Å²) < 4.78 is 0. The van der Waals surface area contributed by atoms with Crippen LogP contribution in [0.1, 0.15) is 41.6 Å². The van der Waals surface area contributed by atoms with E-state index >= 15 is 0 Å². The number of carboxylic acids is 1. The third-order valence-electron chi connectivity index (χ3n) is 2.67. The molecule has 0 amide bonds. The Kier molecular flexibility index (Phi) is 4.39. The van der Waals surface area contributed by atoms with E-state index in [9.17, 15) is 4.79 Å². The van der Waals surface area contributed by atoms with Gasteiger partial charge in [-0.05, 0) is 31.2 Å². The topological polar surface area (TPSA) is 63.1 Å². The standard InChI is InChI=1S/C15H16N2O2S/c1-9(2)14-16-10(3)7-13(17-14)20-12-6-4-5-11(8-12)15(18)19/h4-9H,1-3H3,(H,18,19). The third-order valence-corrected chi connectivity index (χ3v) is 3.58. The zero-order valence-corrected chi connectivity index (χ0v) is 12.4. The Labute approximate surface area is 122 Å². The second kappa shape index (κ2) is 6.05. The van der Waals surface area contributed by atoms with Crippen LogP contribution in [0.5, 0.6) is 0 Å². The highest BCUT2D eigenvalue weighted by molar-refractivity contribution is 7.99. The summed E-state index contributed by atoms with van der Waals surface area (Å²) in [6.45, 7) is 6.04. The van der Waals surface area contributed by atoms with Crippen LogP contribution in [0.4, 0.5) is 0 Å². The molecule has 1 heterocycles. The second-order valence-electron chi connectivity index (χ2n) is 4.80. The lowest BCUT2D eigenvalue weighted by Gasteiger charge is -2.08. The summed E-state index contributed by atoms with van der Waals surface area (Å²) in [7, 11) is 0. The Morgan fingerprint density at radius 2 is 2.00 bits per heavy atom. The number of hydrogen-bond acceptors (Lipinski definition) is 4. The monoisotopic (exact) mass is 288 g/mol. The van der Waals surface area contributed by atoms with E-state index in [4.69, 9.17) is 5.11 Å². The van der Waals surface area contributed by atoms with Crippen LogP contribution < -0.4 is 0 Å². The minimum atomic E-state index is -0.922. The number of carboxylic acid groups (broad SMARTS) is 1. The van der Waals surface area contributed by atoms with E-state index in [-0.39, 0.29) is 11.5 Å². The van der Waals surface area contributed by atoms with Crippen molar-refractivity contribution in [2.24, 2.45) is 0 Å². The summed E-state index contributed by atoms with van der Waals surface area (Å²) in [4.78, 5) is 20.7. The minimum absolute atomic E-state index is 0.264. The molecule has 1 N–H and O–H groups in total. The molecule has 0 radical (unpaired) electrons. The highest BCUT2D eigenvalue weighted by Crippen LogP contribution is 2.28. The number of aromatic nitrogens is 2. The van der Waals surface area contributed by atoms with Crippen LogP contribution in [0.3, 0.4) is 0 Å². The van der Waals surface area contributed by atoms with Crippen molar-refractivity contribution in [1.82, 2.24) is 9.97 Å². The van der Waals surface area contributed by atoms with Crippen LogP contribution >= 0.6 is 11.8 Å². The van der Waals surface area contributed by atoms with Crippen LogP contribution in [0.15, 0.2) is 40.3 Å². The molecule has 104 valence electrons. The fourth-order valence-electron chi connectivity index (χ4n) is 1.69. The number of hydrogen-bond donors (Lipinski definition) is 1. The zero-order valence-electron chi connectivity index (χ0n) is 11.6. The van der Waals surface area contributed by atoms with E-state index in [1.54, 1.807) is 18.2 Å². The van der Waals surface area contributed by atoms with E-state index in [1.807, 2.05) is 32.9 Å². The molecule has 2 rings (SSSR count). The van der Waals surface area contributed by atoms with Crippen molar-refractivity contribution >= 4 is 17.7 Å². The van der Waals surface area contributed by atoms with Crippen molar-refractivity contribution in [3.8, 4) is 0 Å². The molecule has 0 atom stereocenters. The first-order chi connectivity index (χ1) is 9.45. The Balaban J connectivity index is 2.30. The summed E-state index contributed by atoms with van der Waals surface area (Å²) in [5.74, 6) is 0.149. The van der Waals surface area contributed by atoms with E-state index in [1.165, 1.54) is 11.8 Å². The molecule has 1 aromatic heterocycles. The Morgan fingerprint density at radius 1 is 1.25 bits per heavy atom. The van der Waals surface area contributed by atoms with E-state index in [2.05, 4.69) is 9.97 Å². The van der Waals surface area contributed by atoms with Gasteiger partial charge in [0.25, 0.3) is 0 Å². The molecule has 0 aliphatic heterocycles. The molecule has 5 heteroatoms. The van der Waals surface area contributed by atoms with Gasteiger partial charge in [-0.1, -0.05) is 31.7 Å². The lowest BCUT2D eigenvalue weighted by molar-refractivity contribution is 0.0696. The van der Waals surface area contributed by atoms with Crippen molar-refractivity contribution in [1.29, 1.82) is 0 Å². The van der Waals surface area contributed by atoms with E-state index in [0.717, 1.165) is 21.4 Å². The fourth-order valence-corrected chi connectivity index (χ4v) is 2.63. The van der Waals surface area contributed by atoms with Crippen molar-refractivity contribution in [3.05, 3.63) is 47.4 Å². The van der Waals surface area contributed by atoms with Crippen molar-refractivity contribution in [2.75, 3.05) is 0 Å². The predicted molar refractivity (Wildman–Crippen MR) is 78.4 cm³/mol. The molecule has 0 aliphatic rings. The molecular formula is C15H16N2O2S. The molecular weight excluding hydrogens is 272 g/mol. The first kappa shape index (κ1) is 14.5. The molecule has 0 aliphatic carbocycles. The maximum atomic E-state index is 11.0. The summed E-state index contributed by atoms with van der Waals surface area (Å²) in [5, 5.41) is 9.84. The lowest BCUT2D eigenvalue weighted by Crippen LogP contribution is -2.00. The van der Waals surface area contributed by atoms with Gasteiger partial charge in [-0.25, -0.2) is 14.8 Å². The summed E-state index contributed by atoms with van der Waals surface area (Å²) in [5.41, 5.74) is 1.20. The van der Waals surface area contributed by atoms with Crippen LogP contribution in [0, 0.1) is 6.92 Å². The second-order valence-corrected chi connectivity index (χ2v) is 5.89. The number of nitrogens with zero attached hydrogens (tertiary/aromatic N) is 2. The van der Waals surface area contributed by atoms with Crippen molar-refractivity contribution in [3.63, 3.8) is 0 Å². The molecule has 20 heavy (non-hydrogen) atoms. The molecule has 1 aromatic carbocycles. The first-order valence-corrected chi connectivity index (χ1v) is 7.14. The first-order valence-electron chi connectivity index (χ1n) is 6.32. The molecule has 0 spiro atoms. The zero-order chi connectivity index (χ0) is 14.7. The molecule has 2 aromatic rings. The molecule has 0 fully saturated rings. The minimum Gasteiger partial charge on any atom is -0.478 e. The van der Waals surface area contributed by atoms with Crippen molar-refractivity contribution < 1.29 is 9.90 Å². The number of aryl methyl sites for hydroxylation is 1.